The van der Waals surface area contributed by atoms with Gasteiger partial charge in [0.1, 0.15) is 0 Å². The first-order valence-corrected chi connectivity index (χ1v) is 8.74. The summed E-state index contributed by atoms with van der Waals surface area (Å²) in [5, 5.41) is 0.326. The zero-order valence-corrected chi connectivity index (χ0v) is 13.4. The molecule has 1 aromatic rings. The summed E-state index contributed by atoms with van der Waals surface area (Å²) in [7, 11) is -3.65. The van der Waals surface area contributed by atoms with Crippen LogP contribution in [0, 0.1) is 0 Å². The second-order valence-electron chi connectivity index (χ2n) is 5.32. The van der Waals surface area contributed by atoms with Gasteiger partial charge in [-0.15, -0.1) is 0 Å². The summed E-state index contributed by atoms with van der Waals surface area (Å²) in [5.41, 5.74) is 0. The molecule has 0 aromatic heterocycles. The quantitative estimate of drug-likeness (QED) is 0.614. The van der Waals surface area contributed by atoms with Crippen LogP contribution in [-0.4, -0.2) is 62.2 Å². The molecule has 3 rings (SSSR count). The van der Waals surface area contributed by atoms with E-state index >= 15 is 0 Å². The molecule has 2 aliphatic heterocycles. The van der Waals surface area contributed by atoms with Crippen LogP contribution in [-0.2, 0) is 19.6 Å². The van der Waals surface area contributed by atoms with Crippen molar-refractivity contribution in [2.45, 2.75) is 11.8 Å². The number of carbonyl (C=O) groups is 2. The number of piperazine rings is 1. The van der Waals surface area contributed by atoms with Crippen LogP contribution in [0.15, 0.2) is 33.1 Å². The Morgan fingerprint density at radius 1 is 1.00 bits per heavy atom. The summed E-state index contributed by atoms with van der Waals surface area (Å²) in [4.78, 5) is 31.9. The van der Waals surface area contributed by atoms with E-state index in [0.717, 1.165) is 6.54 Å². The lowest BCUT2D eigenvalue weighted by Gasteiger charge is -2.33. The number of rotatable bonds is 3. The third-order valence-corrected chi connectivity index (χ3v) is 5.88. The molecule has 0 aliphatic carbocycles. The standard InChI is InChI=1S/C14H16N4O4S/c1-2-17-5-7-18(8-6-17)23(21,22)10-3-4-11-12(9-10)16-14(20)13(19)15-11/h3-4,9H,2,5-8H2,1H3. The van der Waals surface area contributed by atoms with Crippen LogP contribution in [0.3, 0.4) is 0 Å². The highest BCUT2D eigenvalue weighted by atomic mass is 32.2. The SMILES string of the molecule is CCN1CCN(S(=O)(=O)c2ccc3c(c2)=NC(=O)C(=O)N=3)CC1. The molecule has 23 heavy (non-hydrogen) atoms. The third-order valence-electron chi connectivity index (χ3n) is 3.99. The van der Waals surface area contributed by atoms with Gasteiger partial charge in [-0.2, -0.15) is 4.31 Å². The van der Waals surface area contributed by atoms with Crippen LogP contribution in [0.5, 0.6) is 0 Å². The molecule has 0 N–H and O–H groups in total. The highest BCUT2D eigenvalue weighted by molar-refractivity contribution is 7.89. The largest absolute Gasteiger partial charge is 0.338 e. The van der Waals surface area contributed by atoms with Gasteiger partial charge >= 0.3 is 11.8 Å². The van der Waals surface area contributed by atoms with E-state index in [2.05, 4.69) is 14.9 Å². The van der Waals surface area contributed by atoms with Gasteiger partial charge in [-0.05, 0) is 24.7 Å². The van der Waals surface area contributed by atoms with Crippen molar-refractivity contribution in [1.82, 2.24) is 9.21 Å². The number of carbonyl (C=O) groups excluding carboxylic acids is 2. The fourth-order valence-electron chi connectivity index (χ4n) is 2.60. The zero-order chi connectivity index (χ0) is 16.6. The van der Waals surface area contributed by atoms with Gasteiger partial charge in [0.15, 0.2) is 0 Å². The molecule has 0 saturated carbocycles. The molecule has 0 bridgehead atoms. The minimum absolute atomic E-state index is 0.0577. The summed E-state index contributed by atoms with van der Waals surface area (Å²) in [6, 6.07) is 4.09. The van der Waals surface area contributed by atoms with Gasteiger partial charge in [0.25, 0.3) is 0 Å². The van der Waals surface area contributed by atoms with Crippen LogP contribution in [0.1, 0.15) is 6.92 Å². The van der Waals surface area contributed by atoms with E-state index in [1.54, 1.807) is 0 Å². The van der Waals surface area contributed by atoms with E-state index in [4.69, 9.17) is 0 Å². The topological polar surface area (TPSA) is 99.5 Å². The summed E-state index contributed by atoms with van der Waals surface area (Å²) >= 11 is 0. The minimum atomic E-state index is -3.65. The lowest BCUT2D eigenvalue weighted by molar-refractivity contribution is -0.135. The fourth-order valence-corrected chi connectivity index (χ4v) is 4.04. The van der Waals surface area contributed by atoms with E-state index in [1.807, 2.05) is 6.92 Å². The molecule has 0 unspecified atom stereocenters. The number of benzene rings is 1. The molecule has 2 heterocycles. The molecule has 1 saturated heterocycles. The van der Waals surface area contributed by atoms with Crippen molar-refractivity contribution >= 4 is 21.8 Å². The Morgan fingerprint density at radius 2 is 1.61 bits per heavy atom. The number of likely N-dealkylation sites (N-methyl/N-ethyl adjacent to an activating group) is 1. The Hall–Kier alpha value is -1.97. The maximum Gasteiger partial charge on any atom is 0.338 e. The lowest BCUT2D eigenvalue weighted by Crippen LogP contribution is -2.48. The summed E-state index contributed by atoms with van der Waals surface area (Å²) in [6.07, 6.45) is 0. The van der Waals surface area contributed by atoms with Crippen molar-refractivity contribution in [2.24, 2.45) is 9.98 Å². The predicted octanol–water partition coefficient (Wildman–Crippen LogP) is -1.68. The number of hydrogen-bond acceptors (Lipinski definition) is 5. The van der Waals surface area contributed by atoms with Gasteiger partial charge in [0.05, 0.1) is 15.6 Å². The lowest BCUT2D eigenvalue weighted by atomic mass is 10.3. The fraction of sp³-hybridized carbons (Fsp3) is 0.429. The van der Waals surface area contributed by atoms with E-state index in [-0.39, 0.29) is 15.6 Å². The molecule has 1 fully saturated rings. The Morgan fingerprint density at radius 3 is 2.22 bits per heavy atom. The molecule has 9 heteroatoms. The maximum absolute atomic E-state index is 12.7. The van der Waals surface area contributed by atoms with Gasteiger partial charge in [-0.3, -0.25) is 9.59 Å². The molecule has 0 radical (unpaired) electrons. The predicted molar refractivity (Wildman–Crippen MR) is 79.6 cm³/mol. The Kier molecular flexibility index (Phi) is 4.09. The molecule has 1 aromatic carbocycles. The number of hydrogen-bond donors (Lipinski definition) is 0. The molecule has 122 valence electrons. The molecular formula is C14H16N4O4S. The molecule has 8 nitrogen and oxygen atoms in total. The van der Waals surface area contributed by atoms with Crippen molar-refractivity contribution in [3.05, 3.63) is 28.9 Å². The van der Waals surface area contributed by atoms with Crippen LogP contribution in [0.4, 0.5) is 0 Å². The van der Waals surface area contributed by atoms with Crippen molar-refractivity contribution in [3.63, 3.8) is 0 Å². The third kappa shape index (κ3) is 2.94. The summed E-state index contributed by atoms with van der Waals surface area (Å²) < 4.78 is 26.8. The molecule has 2 aliphatic rings. The molecule has 0 spiro atoms. The second kappa shape index (κ2) is 5.91. The Balaban J connectivity index is 1.95. The van der Waals surface area contributed by atoms with Crippen LogP contribution in [0.25, 0.3) is 0 Å². The first-order valence-electron chi connectivity index (χ1n) is 7.30. The van der Waals surface area contributed by atoms with Crippen LogP contribution < -0.4 is 10.7 Å². The van der Waals surface area contributed by atoms with Gasteiger partial charge in [0.2, 0.25) is 10.0 Å². The van der Waals surface area contributed by atoms with Gasteiger partial charge in [0, 0.05) is 26.2 Å². The summed E-state index contributed by atoms with van der Waals surface area (Å²) in [6.45, 7) is 5.15. The van der Waals surface area contributed by atoms with E-state index in [1.165, 1.54) is 22.5 Å². The maximum atomic E-state index is 12.7. The van der Waals surface area contributed by atoms with E-state index in [9.17, 15) is 18.0 Å². The number of amides is 2. The highest BCUT2D eigenvalue weighted by Crippen LogP contribution is 2.15. The normalized spacial score (nSPS) is 19.9. The summed E-state index contributed by atoms with van der Waals surface area (Å²) in [5.74, 6) is -1.92. The second-order valence-corrected chi connectivity index (χ2v) is 7.26. The van der Waals surface area contributed by atoms with Crippen LogP contribution in [0.2, 0.25) is 0 Å². The van der Waals surface area contributed by atoms with E-state index in [0.29, 0.717) is 26.2 Å². The zero-order valence-electron chi connectivity index (χ0n) is 12.6. The Labute approximate surface area is 133 Å². The number of nitrogens with zero attached hydrogens (tertiary/aromatic N) is 4. The van der Waals surface area contributed by atoms with Gasteiger partial charge in [-0.25, -0.2) is 18.4 Å². The highest BCUT2D eigenvalue weighted by Gasteiger charge is 2.28. The average Bonchev–Trinajstić information content (AvgIpc) is 2.55. The molecular weight excluding hydrogens is 320 g/mol. The Bertz CT molecular complexity index is 886. The van der Waals surface area contributed by atoms with Gasteiger partial charge < -0.3 is 4.90 Å². The van der Waals surface area contributed by atoms with E-state index < -0.39 is 21.8 Å². The first kappa shape index (κ1) is 15.9. The monoisotopic (exact) mass is 336 g/mol. The van der Waals surface area contributed by atoms with Crippen molar-refractivity contribution in [1.29, 1.82) is 0 Å². The van der Waals surface area contributed by atoms with Gasteiger partial charge in [-0.1, -0.05) is 6.92 Å². The molecule has 0 atom stereocenters. The van der Waals surface area contributed by atoms with Crippen molar-refractivity contribution < 1.29 is 18.0 Å². The molecule has 2 amide bonds. The number of sulfonamides is 1. The van der Waals surface area contributed by atoms with Crippen LogP contribution >= 0.6 is 0 Å². The number of fused-ring (bicyclic) bond motifs is 1. The smallest absolute Gasteiger partial charge is 0.301 e. The van der Waals surface area contributed by atoms with Crippen molar-refractivity contribution in [2.75, 3.05) is 32.7 Å². The first-order chi connectivity index (χ1) is 10.9. The van der Waals surface area contributed by atoms with Crippen molar-refractivity contribution in [3.8, 4) is 0 Å². The minimum Gasteiger partial charge on any atom is -0.301 e. The average molecular weight is 336 g/mol.